The van der Waals surface area contributed by atoms with Crippen LogP contribution in [0.25, 0.3) is 0 Å². The number of benzene rings is 2. The predicted molar refractivity (Wildman–Crippen MR) is 77.1 cm³/mol. The van der Waals surface area contributed by atoms with Crippen molar-refractivity contribution in [2.45, 2.75) is 33.1 Å². The molecule has 126 valence electrons. The summed E-state index contributed by atoms with van der Waals surface area (Å²) < 4.78 is 72.6. The number of aryl methyl sites for hydroxylation is 2. The van der Waals surface area contributed by atoms with Crippen molar-refractivity contribution in [3.63, 3.8) is 0 Å². The minimum atomic E-state index is -4.23. The number of rotatable bonds is 0. The van der Waals surface area contributed by atoms with Gasteiger partial charge < -0.3 is 0 Å². The van der Waals surface area contributed by atoms with Gasteiger partial charge in [-0.15, -0.1) is 0 Å². The SMILES string of the molecule is Cc1cccc(C(F)(F)F)c1.Cc1cccc(C(F)(F)F)c1C. The fourth-order valence-corrected chi connectivity index (χ4v) is 1.88. The van der Waals surface area contributed by atoms with Gasteiger partial charge in [0.25, 0.3) is 0 Å². The average Bonchev–Trinajstić information content (AvgIpc) is 2.40. The summed E-state index contributed by atoms with van der Waals surface area (Å²) in [6.07, 6.45) is -8.44. The van der Waals surface area contributed by atoms with Crippen LogP contribution in [0.5, 0.6) is 0 Å². The molecule has 0 aliphatic carbocycles. The number of hydrogen-bond donors (Lipinski definition) is 0. The molecule has 2 rings (SSSR count). The fraction of sp³-hybridized carbons (Fsp3) is 0.294. The van der Waals surface area contributed by atoms with Crippen LogP contribution in [0.15, 0.2) is 42.5 Å². The van der Waals surface area contributed by atoms with E-state index in [1.54, 1.807) is 26.0 Å². The first kappa shape index (κ1) is 19.1. The van der Waals surface area contributed by atoms with Crippen LogP contribution in [0.2, 0.25) is 0 Å². The first-order chi connectivity index (χ1) is 10.4. The van der Waals surface area contributed by atoms with Gasteiger partial charge in [0.15, 0.2) is 0 Å². The highest BCUT2D eigenvalue weighted by molar-refractivity contribution is 5.34. The Labute approximate surface area is 130 Å². The highest BCUT2D eigenvalue weighted by Crippen LogP contribution is 2.32. The normalized spacial score (nSPS) is 11.7. The van der Waals surface area contributed by atoms with Crippen molar-refractivity contribution in [1.29, 1.82) is 0 Å². The van der Waals surface area contributed by atoms with Gasteiger partial charge >= 0.3 is 12.4 Å². The fourth-order valence-electron chi connectivity index (χ4n) is 1.88. The Morgan fingerprint density at radius 3 is 1.65 bits per heavy atom. The number of halogens is 6. The maximum atomic E-state index is 12.2. The van der Waals surface area contributed by atoms with Gasteiger partial charge in [0.1, 0.15) is 0 Å². The Kier molecular flexibility index (Phi) is 5.86. The second kappa shape index (κ2) is 7.06. The molecule has 0 saturated carbocycles. The second-order valence-corrected chi connectivity index (χ2v) is 5.11. The van der Waals surface area contributed by atoms with Crippen LogP contribution in [0.3, 0.4) is 0 Å². The lowest BCUT2D eigenvalue weighted by atomic mass is 10.0. The Balaban J connectivity index is 0.000000231. The molecule has 0 aromatic heterocycles. The predicted octanol–water partition coefficient (Wildman–Crippen LogP) is 6.34. The standard InChI is InChI=1S/C9H9F3.C8H7F3/c1-6-4-3-5-8(7(6)2)9(10,11)12;1-6-3-2-4-7(5-6)8(9,10)11/h3-5H,1-2H3;2-5H,1H3. The molecule has 0 atom stereocenters. The molecule has 2 aromatic rings. The topological polar surface area (TPSA) is 0 Å². The third kappa shape index (κ3) is 5.62. The summed E-state index contributed by atoms with van der Waals surface area (Å²) in [5.41, 5.74) is 0.481. The van der Waals surface area contributed by atoms with Gasteiger partial charge in [-0.2, -0.15) is 26.3 Å². The maximum absolute atomic E-state index is 12.2. The van der Waals surface area contributed by atoms with E-state index in [0.717, 1.165) is 18.2 Å². The minimum absolute atomic E-state index is 0.310. The molecule has 0 spiro atoms. The molecule has 23 heavy (non-hydrogen) atoms. The molecule has 0 N–H and O–H groups in total. The Bertz CT molecular complexity index is 653. The Morgan fingerprint density at radius 1 is 0.696 bits per heavy atom. The third-order valence-corrected chi connectivity index (χ3v) is 3.26. The van der Waals surface area contributed by atoms with E-state index in [1.807, 2.05) is 0 Å². The lowest BCUT2D eigenvalue weighted by Gasteiger charge is -2.11. The quantitative estimate of drug-likeness (QED) is 0.493. The first-order valence-corrected chi connectivity index (χ1v) is 6.70. The molecule has 0 aliphatic rings. The summed E-state index contributed by atoms with van der Waals surface area (Å²) in [6.45, 7) is 4.79. The molecular formula is C17H16F6. The van der Waals surface area contributed by atoms with E-state index in [-0.39, 0.29) is 0 Å². The Hall–Kier alpha value is -1.98. The van der Waals surface area contributed by atoms with E-state index in [2.05, 4.69) is 0 Å². The molecule has 2 aromatic carbocycles. The molecule has 0 fully saturated rings. The zero-order chi connectivity index (χ0) is 17.8. The highest BCUT2D eigenvalue weighted by Gasteiger charge is 2.32. The molecule has 0 bridgehead atoms. The summed E-state index contributed by atoms with van der Waals surface area (Å²) in [6, 6.07) is 9.42. The van der Waals surface area contributed by atoms with Crippen LogP contribution in [0.4, 0.5) is 26.3 Å². The maximum Gasteiger partial charge on any atom is 0.416 e. The summed E-state index contributed by atoms with van der Waals surface area (Å²) >= 11 is 0. The van der Waals surface area contributed by atoms with Gasteiger partial charge in [0.2, 0.25) is 0 Å². The van der Waals surface area contributed by atoms with Crippen LogP contribution in [-0.4, -0.2) is 0 Å². The van der Waals surface area contributed by atoms with Gasteiger partial charge in [0, 0.05) is 0 Å². The van der Waals surface area contributed by atoms with Crippen molar-refractivity contribution in [2.24, 2.45) is 0 Å². The molecule has 0 aliphatic heterocycles. The lowest BCUT2D eigenvalue weighted by molar-refractivity contribution is -0.138. The summed E-state index contributed by atoms with van der Waals surface area (Å²) in [4.78, 5) is 0. The van der Waals surface area contributed by atoms with Gasteiger partial charge in [-0.1, -0.05) is 35.9 Å². The van der Waals surface area contributed by atoms with E-state index in [1.165, 1.54) is 19.1 Å². The van der Waals surface area contributed by atoms with Crippen molar-refractivity contribution in [3.05, 3.63) is 70.3 Å². The van der Waals surface area contributed by atoms with Gasteiger partial charge in [-0.25, -0.2) is 0 Å². The number of hydrogen-bond acceptors (Lipinski definition) is 0. The van der Waals surface area contributed by atoms with Crippen LogP contribution in [-0.2, 0) is 12.4 Å². The monoisotopic (exact) mass is 334 g/mol. The summed E-state index contributed by atoms with van der Waals surface area (Å²) in [5, 5.41) is 0. The van der Waals surface area contributed by atoms with Crippen LogP contribution >= 0.6 is 0 Å². The minimum Gasteiger partial charge on any atom is -0.166 e. The molecule has 0 amide bonds. The molecule has 6 heteroatoms. The largest absolute Gasteiger partial charge is 0.416 e. The molecule has 0 heterocycles. The van der Waals surface area contributed by atoms with Crippen LogP contribution in [0.1, 0.15) is 27.8 Å². The van der Waals surface area contributed by atoms with Crippen molar-refractivity contribution in [3.8, 4) is 0 Å². The van der Waals surface area contributed by atoms with Crippen LogP contribution in [0, 0.1) is 20.8 Å². The Morgan fingerprint density at radius 2 is 1.26 bits per heavy atom. The van der Waals surface area contributed by atoms with E-state index in [9.17, 15) is 26.3 Å². The highest BCUT2D eigenvalue weighted by atomic mass is 19.4. The second-order valence-electron chi connectivity index (χ2n) is 5.11. The first-order valence-electron chi connectivity index (χ1n) is 6.70. The zero-order valence-electron chi connectivity index (χ0n) is 12.8. The van der Waals surface area contributed by atoms with Crippen molar-refractivity contribution in [2.75, 3.05) is 0 Å². The third-order valence-electron chi connectivity index (χ3n) is 3.26. The van der Waals surface area contributed by atoms with Gasteiger partial charge in [-0.05, 0) is 44.0 Å². The average molecular weight is 334 g/mol. The smallest absolute Gasteiger partial charge is 0.166 e. The van der Waals surface area contributed by atoms with Crippen molar-refractivity contribution >= 4 is 0 Å². The number of alkyl halides is 6. The summed E-state index contributed by atoms with van der Waals surface area (Å²) in [7, 11) is 0. The molecule has 0 radical (unpaired) electrons. The molecule has 0 nitrogen and oxygen atoms in total. The molecule has 0 saturated heterocycles. The zero-order valence-corrected chi connectivity index (χ0v) is 12.8. The van der Waals surface area contributed by atoms with E-state index >= 15 is 0 Å². The van der Waals surface area contributed by atoms with Gasteiger partial charge in [0.05, 0.1) is 11.1 Å². The van der Waals surface area contributed by atoms with Crippen LogP contribution < -0.4 is 0 Å². The van der Waals surface area contributed by atoms with Gasteiger partial charge in [-0.3, -0.25) is 0 Å². The van der Waals surface area contributed by atoms with E-state index in [4.69, 9.17) is 0 Å². The van der Waals surface area contributed by atoms with Crippen molar-refractivity contribution < 1.29 is 26.3 Å². The van der Waals surface area contributed by atoms with E-state index < -0.39 is 23.5 Å². The summed E-state index contributed by atoms with van der Waals surface area (Å²) in [5.74, 6) is 0. The van der Waals surface area contributed by atoms with E-state index in [0.29, 0.717) is 16.7 Å². The van der Waals surface area contributed by atoms with Crippen molar-refractivity contribution in [1.82, 2.24) is 0 Å². The molecular weight excluding hydrogens is 318 g/mol. The molecule has 0 unspecified atom stereocenters. The lowest BCUT2D eigenvalue weighted by Crippen LogP contribution is -2.07.